The molecular formula is C15H23NO. The zero-order chi connectivity index (χ0) is 12.3. The smallest absolute Gasteiger partial charge is 0.0952 e. The van der Waals surface area contributed by atoms with Gasteiger partial charge in [-0.1, -0.05) is 45.0 Å². The second kappa shape index (κ2) is 5.19. The molecule has 1 aliphatic heterocycles. The van der Waals surface area contributed by atoms with Crippen LogP contribution < -0.4 is 5.32 Å². The lowest BCUT2D eigenvalue weighted by Gasteiger charge is -2.28. The van der Waals surface area contributed by atoms with E-state index in [-0.39, 0.29) is 6.10 Å². The normalized spacial score (nSPS) is 20.1. The van der Waals surface area contributed by atoms with E-state index in [4.69, 9.17) is 4.74 Å². The Morgan fingerprint density at radius 2 is 2.06 bits per heavy atom. The van der Waals surface area contributed by atoms with Crippen LogP contribution in [0.25, 0.3) is 0 Å². The van der Waals surface area contributed by atoms with Gasteiger partial charge in [-0.25, -0.2) is 0 Å². The highest BCUT2D eigenvalue weighted by Gasteiger charge is 2.20. The number of hydrogen-bond donors (Lipinski definition) is 1. The van der Waals surface area contributed by atoms with Gasteiger partial charge in [-0.3, -0.25) is 0 Å². The highest BCUT2D eigenvalue weighted by molar-refractivity contribution is 5.31. The molecule has 0 fully saturated rings. The van der Waals surface area contributed by atoms with Crippen LogP contribution in [0.2, 0.25) is 0 Å². The average molecular weight is 233 g/mol. The van der Waals surface area contributed by atoms with Gasteiger partial charge < -0.3 is 10.1 Å². The van der Waals surface area contributed by atoms with Gasteiger partial charge in [-0.15, -0.1) is 0 Å². The number of hydrogen-bond acceptors (Lipinski definition) is 2. The van der Waals surface area contributed by atoms with Gasteiger partial charge in [-0.05, 0) is 23.0 Å². The molecule has 17 heavy (non-hydrogen) atoms. The van der Waals surface area contributed by atoms with Crippen LogP contribution in [-0.2, 0) is 11.2 Å². The Morgan fingerprint density at radius 3 is 2.82 bits per heavy atom. The lowest BCUT2D eigenvalue weighted by atomic mass is 9.95. The van der Waals surface area contributed by atoms with E-state index in [9.17, 15) is 0 Å². The van der Waals surface area contributed by atoms with Crippen molar-refractivity contribution in [3.05, 3.63) is 35.4 Å². The molecule has 94 valence electrons. The van der Waals surface area contributed by atoms with Gasteiger partial charge in [-0.2, -0.15) is 0 Å². The first-order chi connectivity index (χ1) is 8.06. The Bertz CT molecular complexity index is 367. The monoisotopic (exact) mass is 233 g/mol. The van der Waals surface area contributed by atoms with E-state index in [1.54, 1.807) is 0 Å². The molecule has 1 aromatic rings. The summed E-state index contributed by atoms with van der Waals surface area (Å²) in [5, 5.41) is 3.51. The summed E-state index contributed by atoms with van der Waals surface area (Å²) in [6.07, 6.45) is 1.27. The molecule has 0 aromatic heterocycles. The number of nitrogens with one attached hydrogen (secondary N) is 1. The largest absolute Gasteiger partial charge is 0.372 e. The second-order valence-electron chi connectivity index (χ2n) is 6.00. The van der Waals surface area contributed by atoms with Gasteiger partial charge in [0.1, 0.15) is 0 Å². The van der Waals surface area contributed by atoms with Crippen LogP contribution in [-0.4, -0.2) is 19.7 Å². The molecule has 0 amide bonds. The molecule has 1 aromatic carbocycles. The van der Waals surface area contributed by atoms with Crippen LogP contribution in [0.4, 0.5) is 0 Å². The Labute approximate surface area is 104 Å². The second-order valence-corrected chi connectivity index (χ2v) is 6.00. The molecule has 0 saturated carbocycles. The summed E-state index contributed by atoms with van der Waals surface area (Å²) < 4.78 is 5.86. The van der Waals surface area contributed by atoms with E-state index in [0.717, 1.165) is 26.1 Å². The van der Waals surface area contributed by atoms with Gasteiger partial charge in [0.2, 0.25) is 0 Å². The van der Waals surface area contributed by atoms with Crippen molar-refractivity contribution in [1.82, 2.24) is 5.32 Å². The summed E-state index contributed by atoms with van der Waals surface area (Å²) >= 11 is 0. The maximum absolute atomic E-state index is 5.86. The fraction of sp³-hybridized carbons (Fsp3) is 0.600. The van der Waals surface area contributed by atoms with E-state index in [2.05, 4.69) is 50.4 Å². The molecule has 0 aliphatic carbocycles. The number of fused-ring (bicyclic) bond motifs is 1. The molecule has 1 heterocycles. The van der Waals surface area contributed by atoms with Gasteiger partial charge in [0.15, 0.2) is 0 Å². The highest BCUT2D eigenvalue weighted by atomic mass is 16.5. The average Bonchev–Trinajstić information content (AvgIpc) is 2.28. The predicted octanol–water partition coefficient (Wildman–Crippen LogP) is 2.94. The molecule has 2 nitrogen and oxygen atoms in total. The van der Waals surface area contributed by atoms with Crippen molar-refractivity contribution in [3.63, 3.8) is 0 Å². The van der Waals surface area contributed by atoms with Crippen LogP contribution >= 0.6 is 0 Å². The summed E-state index contributed by atoms with van der Waals surface area (Å²) in [5.41, 5.74) is 3.13. The van der Waals surface area contributed by atoms with Crippen LogP contribution in [0.5, 0.6) is 0 Å². The van der Waals surface area contributed by atoms with Crippen molar-refractivity contribution >= 4 is 0 Å². The molecular weight excluding hydrogens is 210 g/mol. The Hall–Kier alpha value is -0.860. The topological polar surface area (TPSA) is 21.3 Å². The number of rotatable bonds is 3. The molecule has 1 N–H and O–H groups in total. The minimum atomic E-state index is 0.224. The fourth-order valence-electron chi connectivity index (χ4n) is 2.22. The molecule has 1 unspecified atom stereocenters. The summed E-state index contributed by atoms with van der Waals surface area (Å²) in [7, 11) is 0. The van der Waals surface area contributed by atoms with Crippen molar-refractivity contribution in [3.8, 4) is 0 Å². The molecule has 0 radical (unpaired) electrons. The van der Waals surface area contributed by atoms with Crippen molar-refractivity contribution in [2.75, 3.05) is 19.7 Å². The minimum Gasteiger partial charge on any atom is -0.372 e. The maximum atomic E-state index is 5.86. The third-order valence-electron chi connectivity index (χ3n) is 3.08. The standard InChI is InChI=1S/C15H23NO/c1-15(2,3)11-16-10-14-13-7-5-4-6-12(13)8-9-17-14/h4-7,14,16H,8-11H2,1-3H3. The quantitative estimate of drug-likeness (QED) is 0.866. The van der Waals surface area contributed by atoms with Crippen LogP contribution in [0.3, 0.4) is 0 Å². The predicted molar refractivity (Wildman–Crippen MR) is 71.2 cm³/mol. The third kappa shape index (κ3) is 3.55. The maximum Gasteiger partial charge on any atom is 0.0952 e. The molecule has 2 rings (SSSR count). The van der Waals surface area contributed by atoms with Crippen molar-refractivity contribution in [1.29, 1.82) is 0 Å². The summed E-state index contributed by atoms with van der Waals surface area (Å²) in [5.74, 6) is 0. The first-order valence-corrected chi connectivity index (χ1v) is 6.46. The first kappa shape index (κ1) is 12.6. The Kier molecular flexibility index (Phi) is 3.85. The van der Waals surface area contributed by atoms with Gasteiger partial charge in [0, 0.05) is 13.1 Å². The first-order valence-electron chi connectivity index (χ1n) is 6.46. The number of benzene rings is 1. The van der Waals surface area contributed by atoms with Gasteiger partial charge in [0.05, 0.1) is 12.7 Å². The molecule has 0 bridgehead atoms. The molecule has 1 aliphatic rings. The van der Waals surface area contributed by atoms with Gasteiger partial charge in [0.25, 0.3) is 0 Å². The summed E-state index contributed by atoms with van der Waals surface area (Å²) in [4.78, 5) is 0. The van der Waals surface area contributed by atoms with E-state index in [0.29, 0.717) is 5.41 Å². The lowest BCUT2D eigenvalue weighted by Crippen LogP contribution is -2.33. The fourth-order valence-corrected chi connectivity index (χ4v) is 2.22. The molecule has 1 atom stereocenters. The molecule has 2 heteroatoms. The Morgan fingerprint density at radius 1 is 1.29 bits per heavy atom. The van der Waals surface area contributed by atoms with Crippen molar-refractivity contribution in [2.24, 2.45) is 5.41 Å². The lowest BCUT2D eigenvalue weighted by molar-refractivity contribution is 0.0413. The van der Waals surface area contributed by atoms with E-state index in [1.807, 2.05) is 0 Å². The van der Waals surface area contributed by atoms with Crippen molar-refractivity contribution in [2.45, 2.75) is 33.3 Å². The van der Waals surface area contributed by atoms with E-state index >= 15 is 0 Å². The van der Waals surface area contributed by atoms with Crippen LogP contribution in [0.1, 0.15) is 38.0 Å². The third-order valence-corrected chi connectivity index (χ3v) is 3.08. The summed E-state index contributed by atoms with van der Waals surface area (Å²) in [6, 6.07) is 8.63. The minimum absolute atomic E-state index is 0.224. The summed E-state index contributed by atoms with van der Waals surface area (Å²) in [6.45, 7) is 9.52. The number of ether oxygens (including phenoxy) is 1. The van der Waals surface area contributed by atoms with Crippen LogP contribution in [0.15, 0.2) is 24.3 Å². The molecule has 0 spiro atoms. The zero-order valence-electron chi connectivity index (χ0n) is 11.1. The highest BCUT2D eigenvalue weighted by Crippen LogP contribution is 2.26. The van der Waals surface area contributed by atoms with E-state index < -0.39 is 0 Å². The van der Waals surface area contributed by atoms with Crippen LogP contribution in [0, 0.1) is 5.41 Å². The van der Waals surface area contributed by atoms with E-state index in [1.165, 1.54) is 11.1 Å². The Balaban J connectivity index is 1.95. The molecule has 0 saturated heterocycles. The zero-order valence-corrected chi connectivity index (χ0v) is 11.1. The van der Waals surface area contributed by atoms with Crippen molar-refractivity contribution < 1.29 is 4.74 Å². The SMILES string of the molecule is CC(C)(C)CNCC1OCCc2ccccc21. The van der Waals surface area contributed by atoms with Gasteiger partial charge >= 0.3 is 0 Å².